The molecule has 1 amide bonds. The van der Waals surface area contributed by atoms with Gasteiger partial charge in [-0.05, 0) is 41.8 Å². The third-order valence-electron chi connectivity index (χ3n) is 5.81. The molecule has 6 heteroatoms. The van der Waals surface area contributed by atoms with Crippen molar-refractivity contribution in [3.05, 3.63) is 53.2 Å². The van der Waals surface area contributed by atoms with Crippen molar-refractivity contribution in [1.82, 2.24) is 14.9 Å². The van der Waals surface area contributed by atoms with Crippen LogP contribution in [-0.4, -0.2) is 47.0 Å². The maximum Gasteiger partial charge on any atom is 0.226 e. The minimum Gasteiger partial charge on any atom is -0.352 e. The molecule has 0 unspecified atom stereocenters. The number of hydrogen-bond donors (Lipinski definition) is 0. The van der Waals surface area contributed by atoms with E-state index in [0.29, 0.717) is 11.8 Å². The summed E-state index contributed by atoms with van der Waals surface area (Å²) in [6.07, 6.45) is 2.63. The van der Waals surface area contributed by atoms with Crippen LogP contribution in [0.3, 0.4) is 0 Å². The number of aryl methyl sites for hydroxylation is 1. The number of thiophene rings is 1. The molecule has 2 fully saturated rings. The zero-order valence-electron chi connectivity index (χ0n) is 15.3. The predicted molar refractivity (Wildman–Crippen MR) is 108 cm³/mol. The van der Waals surface area contributed by atoms with Crippen LogP contribution in [0, 0.1) is 12.8 Å². The first-order valence-corrected chi connectivity index (χ1v) is 10.4. The van der Waals surface area contributed by atoms with Crippen LogP contribution in [0.25, 0.3) is 10.2 Å². The van der Waals surface area contributed by atoms with E-state index in [-0.39, 0.29) is 5.92 Å². The van der Waals surface area contributed by atoms with E-state index < -0.39 is 0 Å². The fourth-order valence-corrected chi connectivity index (χ4v) is 5.05. The highest BCUT2D eigenvalue weighted by Crippen LogP contribution is 2.49. The fourth-order valence-electron chi connectivity index (χ4n) is 4.19. The number of anilines is 1. The first kappa shape index (κ1) is 16.7. The molecule has 138 valence electrons. The van der Waals surface area contributed by atoms with Crippen LogP contribution in [-0.2, 0) is 4.79 Å². The Morgan fingerprint density at radius 3 is 2.74 bits per heavy atom. The van der Waals surface area contributed by atoms with Gasteiger partial charge in [0.15, 0.2) is 0 Å². The van der Waals surface area contributed by atoms with Gasteiger partial charge < -0.3 is 9.80 Å². The Balaban J connectivity index is 1.24. The normalized spacial score (nSPS) is 22.3. The minimum absolute atomic E-state index is 0.167. The van der Waals surface area contributed by atoms with Crippen LogP contribution >= 0.6 is 11.3 Å². The SMILES string of the molecule is Cc1ccccc1[C@@H]1C[C@@H]1C(=O)N1CCN(c2ncnc3ccsc23)CC1. The number of hydrogen-bond acceptors (Lipinski definition) is 5. The zero-order valence-corrected chi connectivity index (χ0v) is 16.2. The second-order valence-electron chi connectivity index (χ2n) is 7.45. The van der Waals surface area contributed by atoms with Crippen LogP contribution in [0.5, 0.6) is 0 Å². The van der Waals surface area contributed by atoms with Gasteiger partial charge in [-0.3, -0.25) is 4.79 Å². The van der Waals surface area contributed by atoms with Gasteiger partial charge in [-0.1, -0.05) is 24.3 Å². The minimum atomic E-state index is 0.167. The Morgan fingerprint density at radius 1 is 1.11 bits per heavy atom. The largest absolute Gasteiger partial charge is 0.352 e. The van der Waals surface area contributed by atoms with Gasteiger partial charge in [0.1, 0.15) is 12.1 Å². The zero-order chi connectivity index (χ0) is 18.4. The lowest BCUT2D eigenvalue weighted by Crippen LogP contribution is -2.49. The molecule has 0 spiro atoms. The molecule has 3 heterocycles. The first-order valence-electron chi connectivity index (χ1n) is 9.50. The van der Waals surface area contributed by atoms with Crippen molar-refractivity contribution in [2.45, 2.75) is 19.3 Å². The van der Waals surface area contributed by atoms with Crippen LogP contribution in [0.4, 0.5) is 5.82 Å². The molecule has 27 heavy (non-hydrogen) atoms. The average molecular weight is 379 g/mol. The predicted octanol–water partition coefficient (Wildman–Crippen LogP) is 3.45. The smallest absolute Gasteiger partial charge is 0.226 e. The highest BCUT2D eigenvalue weighted by Gasteiger charge is 2.46. The van der Waals surface area contributed by atoms with Crippen molar-refractivity contribution in [2.24, 2.45) is 5.92 Å². The van der Waals surface area contributed by atoms with Gasteiger partial charge in [-0.25, -0.2) is 9.97 Å². The molecule has 2 aliphatic rings. The second-order valence-corrected chi connectivity index (χ2v) is 8.37. The average Bonchev–Trinajstić information content (AvgIpc) is 3.34. The quantitative estimate of drug-likeness (QED) is 0.700. The Hall–Kier alpha value is -2.47. The van der Waals surface area contributed by atoms with Crippen molar-refractivity contribution in [3.8, 4) is 0 Å². The first-order chi connectivity index (χ1) is 13.2. The number of nitrogens with zero attached hydrogens (tertiary/aromatic N) is 4. The molecule has 0 radical (unpaired) electrons. The molecule has 3 aromatic rings. The molecule has 0 N–H and O–H groups in total. The summed E-state index contributed by atoms with van der Waals surface area (Å²) >= 11 is 1.68. The molecule has 1 aliphatic heterocycles. The van der Waals surface area contributed by atoms with Gasteiger partial charge in [0.05, 0.1) is 10.2 Å². The standard InChI is InChI=1S/C21H22N4OS/c1-14-4-2-3-5-15(14)16-12-17(16)21(26)25-9-7-24(8-10-25)20-19-18(6-11-27-19)22-13-23-20/h2-6,11,13,16-17H,7-10,12H2,1H3/t16-,17-/m0/s1. The number of benzene rings is 1. The number of aromatic nitrogens is 2. The lowest BCUT2D eigenvalue weighted by molar-refractivity contribution is -0.132. The van der Waals surface area contributed by atoms with E-state index in [1.165, 1.54) is 11.1 Å². The molecule has 1 aliphatic carbocycles. The van der Waals surface area contributed by atoms with Gasteiger partial charge >= 0.3 is 0 Å². The summed E-state index contributed by atoms with van der Waals surface area (Å²) in [5, 5.41) is 2.06. The van der Waals surface area contributed by atoms with E-state index in [9.17, 15) is 4.79 Å². The number of rotatable bonds is 3. The van der Waals surface area contributed by atoms with Crippen LogP contribution in [0.1, 0.15) is 23.5 Å². The summed E-state index contributed by atoms with van der Waals surface area (Å²) in [5.74, 6) is 1.91. The third-order valence-corrected chi connectivity index (χ3v) is 6.71. The maximum atomic E-state index is 13.0. The number of fused-ring (bicyclic) bond motifs is 1. The van der Waals surface area contributed by atoms with Crippen molar-refractivity contribution >= 4 is 33.3 Å². The van der Waals surface area contributed by atoms with Gasteiger partial charge in [0, 0.05) is 32.1 Å². The highest BCUT2D eigenvalue weighted by atomic mass is 32.1. The fraction of sp³-hybridized carbons (Fsp3) is 0.381. The summed E-state index contributed by atoms with van der Waals surface area (Å²) < 4.78 is 1.14. The summed E-state index contributed by atoms with van der Waals surface area (Å²) in [6.45, 7) is 5.34. The summed E-state index contributed by atoms with van der Waals surface area (Å²) in [5.41, 5.74) is 3.64. The monoisotopic (exact) mass is 378 g/mol. The highest BCUT2D eigenvalue weighted by molar-refractivity contribution is 7.17. The van der Waals surface area contributed by atoms with Crippen molar-refractivity contribution in [1.29, 1.82) is 0 Å². The lowest BCUT2D eigenvalue weighted by atomic mass is 10.0. The van der Waals surface area contributed by atoms with Gasteiger partial charge in [-0.2, -0.15) is 0 Å². The Kier molecular flexibility index (Phi) is 4.08. The van der Waals surface area contributed by atoms with E-state index in [2.05, 4.69) is 51.4 Å². The molecule has 2 aromatic heterocycles. The molecule has 5 rings (SSSR count). The van der Waals surface area contributed by atoms with E-state index in [4.69, 9.17) is 0 Å². The summed E-state index contributed by atoms with van der Waals surface area (Å²) in [4.78, 5) is 26.1. The van der Waals surface area contributed by atoms with Crippen LogP contribution < -0.4 is 4.90 Å². The molecule has 2 atom stereocenters. The van der Waals surface area contributed by atoms with Crippen molar-refractivity contribution in [2.75, 3.05) is 31.1 Å². The molecular weight excluding hydrogens is 356 g/mol. The van der Waals surface area contributed by atoms with Crippen LogP contribution in [0.15, 0.2) is 42.0 Å². The molecule has 1 saturated carbocycles. The summed E-state index contributed by atoms with van der Waals surface area (Å²) in [7, 11) is 0. The topological polar surface area (TPSA) is 49.3 Å². The molecular formula is C21H22N4OS. The Bertz CT molecular complexity index is 993. The van der Waals surface area contributed by atoms with E-state index in [0.717, 1.165) is 48.6 Å². The maximum absolute atomic E-state index is 13.0. The summed E-state index contributed by atoms with van der Waals surface area (Å²) in [6, 6.07) is 10.5. The van der Waals surface area contributed by atoms with Gasteiger partial charge in [0.2, 0.25) is 5.91 Å². The lowest BCUT2D eigenvalue weighted by Gasteiger charge is -2.35. The van der Waals surface area contributed by atoms with Crippen LogP contribution in [0.2, 0.25) is 0 Å². The van der Waals surface area contributed by atoms with Crippen molar-refractivity contribution in [3.63, 3.8) is 0 Å². The third kappa shape index (κ3) is 2.98. The van der Waals surface area contributed by atoms with Crippen molar-refractivity contribution < 1.29 is 4.79 Å². The number of amides is 1. The van der Waals surface area contributed by atoms with E-state index in [1.54, 1.807) is 17.7 Å². The number of carbonyl (C=O) groups excluding carboxylic acids is 1. The van der Waals surface area contributed by atoms with E-state index in [1.807, 2.05) is 11.0 Å². The van der Waals surface area contributed by atoms with Gasteiger partial charge in [0.25, 0.3) is 0 Å². The number of piperazine rings is 1. The molecule has 1 aromatic carbocycles. The van der Waals surface area contributed by atoms with E-state index >= 15 is 0 Å². The van der Waals surface area contributed by atoms with Gasteiger partial charge in [-0.15, -0.1) is 11.3 Å². The molecule has 1 saturated heterocycles. The molecule has 5 nitrogen and oxygen atoms in total. The Morgan fingerprint density at radius 2 is 1.93 bits per heavy atom. The Labute approximate surface area is 162 Å². The second kappa shape index (κ2) is 6.60. The number of carbonyl (C=O) groups is 1. The molecule has 0 bridgehead atoms.